The highest BCUT2D eigenvalue weighted by molar-refractivity contribution is 7.98. The van der Waals surface area contributed by atoms with E-state index in [1.807, 2.05) is 6.26 Å². The molecular weight excluding hydrogens is 401 g/mol. The molecule has 2 aromatic carbocycles. The van der Waals surface area contributed by atoms with Gasteiger partial charge in [-0.05, 0) is 42.7 Å². The molecule has 1 N–H and O–H groups in total. The van der Waals surface area contributed by atoms with Crippen molar-refractivity contribution in [2.45, 2.75) is 11.1 Å². The maximum Gasteiger partial charge on any atom is 0.416 e. The SMILES string of the molecule is CSc1cccc(N(CC(=O)Nc2cccc(C(F)(F)F)c2)S(C)(=O)=O)c1. The van der Waals surface area contributed by atoms with Crippen LogP contribution in [-0.2, 0) is 21.0 Å². The van der Waals surface area contributed by atoms with Crippen LogP contribution in [0.5, 0.6) is 0 Å². The Hall–Kier alpha value is -2.20. The molecule has 0 aliphatic rings. The number of hydrogen-bond acceptors (Lipinski definition) is 4. The van der Waals surface area contributed by atoms with Gasteiger partial charge in [-0.15, -0.1) is 11.8 Å². The van der Waals surface area contributed by atoms with Crippen LogP contribution in [0.1, 0.15) is 5.56 Å². The fraction of sp³-hybridized carbons (Fsp3) is 0.235. The zero-order valence-corrected chi connectivity index (χ0v) is 16.1. The normalized spacial score (nSPS) is 11.9. The number of thioether (sulfide) groups is 1. The molecule has 0 aliphatic heterocycles. The number of alkyl halides is 3. The number of rotatable bonds is 6. The van der Waals surface area contributed by atoms with Crippen LogP contribution in [0.3, 0.4) is 0 Å². The highest BCUT2D eigenvalue weighted by atomic mass is 32.2. The van der Waals surface area contributed by atoms with E-state index in [2.05, 4.69) is 5.32 Å². The fourth-order valence-electron chi connectivity index (χ4n) is 2.27. The minimum absolute atomic E-state index is 0.0684. The van der Waals surface area contributed by atoms with Crippen molar-refractivity contribution in [1.82, 2.24) is 0 Å². The van der Waals surface area contributed by atoms with Gasteiger partial charge in [0.2, 0.25) is 15.9 Å². The highest BCUT2D eigenvalue weighted by Crippen LogP contribution is 2.30. The number of benzene rings is 2. The summed E-state index contributed by atoms with van der Waals surface area (Å²) < 4.78 is 63.4. The minimum Gasteiger partial charge on any atom is -0.325 e. The average Bonchev–Trinajstić information content (AvgIpc) is 2.58. The molecule has 0 unspecified atom stereocenters. The summed E-state index contributed by atoms with van der Waals surface area (Å²) in [6.07, 6.45) is -1.77. The molecule has 0 radical (unpaired) electrons. The third-order valence-electron chi connectivity index (χ3n) is 3.50. The number of nitrogens with one attached hydrogen (secondary N) is 1. The second-order valence-electron chi connectivity index (χ2n) is 5.60. The molecule has 1 amide bonds. The summed E-state index contributed by atoms with van der Waals surface area (Å²) in [4.78, 5) is 13.1. The summed E-state index contributed by atoms with van der Waals surface area (Å²) in [7, 11) is -3.78. The molecular formula is C17H17F3N2O3S2. The van der Waals surface area contributed by atoms with E-state index in [0.29, 0.717) is 5.69 Å². The summed E-state index contributed by atoms with van der Waals surface area (Å²) in [6.45, 7) is -0.563. The number of nitrogens with zero attached hydrogens (tertiary/aromatic N) is 1. The molecule has 0 saturated heterocycles. The molecule has 0 atom stereocenters. The van der Waals surface area contributed by atoms with Gasteiger partial charge in [0.05, 0.1) is 17.5 Å². The van der Waals surface area contributed by atoms with Crippen molar-refractivity contribution in [2.75, 3.05) is 28.7 Å². The van der Waals surface area contributed by atoms with Crippen molar-refractivity contribution in [2.24, 2.45) is 0 Å². The minimum atomic E-state index is -4.54. The Morgan fingerprint density at radius 3 is 2.41 bits per heavy atom. The molecule has 0 heterocycles. The van der Waals surface area contributed by atoms with E-state index >= 15 is 0 Å². The van der Waals surface area contributed by atoms with Crippen molar-refractivity contribution < 1.29 is 26.4 Å². The quantitative estimate of drug-likeness (QED) is 0.724. The first-order valence-corrected chi connectivity index (χ1v) is 10.7. The Morgan fingerprint density at radius 1 is 1.15 bits per heavy atom. The molecule has 2 rings (SSSR count). The Labute approximate surface area is 159 Å². The zero-order chi connectivity index (χ0) is 20.2. The maximum absolute atomic E-state index is 12.8. The summed E-state index contributed by atoms with van der Waals surface area (Å²) >= 11 is 1.41. The first-order valence-electron chi connectivity index (χ1n) is 7.59. The van der Waals surface area contributed by atoms with Crippen LogP contribution < -0.4 is 9.62 Å². The molecule has 0 spiro atoms. The second kappa shape index (κ2) is 8.22. The van der Waals surface area contributed by atoms with Crippen molar-refractivity contribution in [1.29, 1.82) is 0 Å². The van der Waals surface area contributed by atoms with Gasteiger partial charge in [-0.1, -0.05) is 12.1 Å². The Balaban J connectivity index is 2.22. The fourth-order valence-corrected chi connectivity index (χ4v) is 3.57. The molecule has 2 aromatic rings. The van der Waals surface area contributed by atoms with Crippen LogP contribution in [0.2, 0.25) is 0 Å². The number of hydrogen-bond donors (Lipinski definition) is 1. The molecule has 0 aliphatic carbocycles. The van der Waals surface area contributed by atoms with Crippen molar-refractivity contribution in [3.63, 3.8) is 0 Å². The van der Waals surface area contributed by atoms with Gasteiger partial charge in [0.15, 0.2) is 0 Å². The predicted octanol–water partition coefficient (Wildman–Crippen LogP) is 3.83. The number of anilines is 2. The van der Waals surface area contributed by atoms with Gasteiger partial charge in [-0.2, -0.15) is 13.2 Å². The lowest BCUT2D eigenvalue weighted by atomic mass is 10.2. The van der Waals surface area contributed by atoms with Crippen molar-refractivity contribution >= 4 is 39.1 Å². The van der Waals surface area contributed by atoms with E-state index in [1.54, 1.807) is 24.3 Å². The smallest absolute Gasteiger partial charge is 0.325 e. The molecule has 5 nitrogen and oxygen atoms in total. The third kappa shape index (κ3) is 5.90. The number of carbonyl (C=O) groups is 1. The van der Waals surface area contributed by atoms with Gasteiger partial charge in [-0.3, -0.25) is 9.10 Å². The monoisotopic (exact) mass is 418 g/mol. The van der Waals surface area contributed by atoms with E-state index in [4.69, 9.17) is 0 Å². The van der Waals surface area contributed by atoms with Gasteiger partial charge in [-0.25, -0.2) is 8.42 Å². The molecule has 27 heavy (non-hydrogen) atoms. The van der Waals surface area contributed by atoms with Crippen LogP contribution in [0.15, 0.2) is 53.4 Å². The lowest BCUT2D eigenvalue weighted by Crippen LogP contribution is -2.37. The summed E-state index contributed by atoms with van der Waals surface area (Å²) in [5.41, 5.74) is -0.683. The highest BCUT2D eigenvalue weighted by Gasteiger charge is 2.30. The lowest BCUT2D eigenvalue weighted by molar-refractivity contribution is -0.137. The predicted molar refractivity (Wildman–Crippen MR) is 100 cm³/mol. The van der Waals surface area contributed by atoms with E-state index in [0.717, 1.165) is 33.7 Å². The lowest BCUT2D eigenvalue weighted by Gasteiger charge is -2.22. The number of halogens is 3. The Bertz CT molecular complexity index is 931. The Morgan fingerprint density at radius 2 is 1.81 bits per heavy atom. The summed E-state index contributed by atoms with van der Waals surface area (Å²) in [6, 6.07) is 10.7. The van der Waals surface area contributed by atoms with E-state index in [-0.39, 0.29) is 5.69 Å². The van der Waals surface area contributed by atoms with Crippen LogP contribution >= 0.6 is 11.8 Å². The molecule has 0 saturated carbocycles. The molecule has 146 valence electrons. The number of amides is 1. The molecule has 0 bridgehead atoms. The van der Waals surface area contributed by atoms with Gasteiger partial charge in [0.1, 0.15) is 6.54 Å². The van der Waals surface area contributed by atoms with Gasteiger partial charge < -0.3 is 5.32 Å². The van der Waals surface area contributed by atoms with E-state index in [1.165, 1.54) is 17.8 Å². The summed E-state index contributed by atoms with van der Waals surface area (Å²) in [5.74, 6) is -0.755. The molecule has 0 fully saturated rings. The Kier molecular flexibility index (Phi) is 6.42. The van der Waals surface area contributed by atoms with Crippen LogP contribution in [0.25, 0.3) is 0 Å². The topological polar surface area (TPSA) is 66.5 Å². The van der Waals surface area contributed by atoms with Crippen LogP contribution in [-0.4, -0.2) is 33.4 Å². The molecule has 0 aromatic heterocycles. The van der Waals surface area contributed by atoms with Crippen molar-refractivity contribution in [3.8, 4) is 0 Å². The number of carbonyl (C=O) groups excluding carboxylic acids is 1. The van der Waals surface area contributed by atoms with E-state index < -0.39 is 34.2 Å². The van der Waals surface area contributed by atoms with Crippen LogP contribution in [0, 0.1) is 0 Å². The second-order valence-corrected chi connectivity index (χ2v) is 8.38. The number of sulfonamides is 1. The summed E-state index contributed by atoms with van der Waals surface area (Å²) in [5, 5.41) is 2.31. The zero-order valence-electron chi connectivity index (χ0n) is 14.4. The average molecular weight is 418 g/mol. The molecule has 10 heteroatoms. The van der Waals surface area contributed by atoms with Gasteiger partial charge in [0, 0.05) is 10.6 Å². The van der Waals surface area contributed by atoms with Gasteiger partial charge in [0.25, 0.3) is 0 Å². The van der Waals surface area contributed by atoms with Crippen molar-refractivity contribution in [3.05, 3.63) is 54.1 Å². The largest absolute Gasteiger partial charge is 0.416 e. The third-order valence-corrected chi connectivity index (χ3v) is 5.37. The standard InChI is InChI=1S/C17H17F3N2O3S2/c1-26-15-8-4-7-14(10-15)22(27(2,24)25)11-16(23)21-13-6-3-5-12(9-13)17(18,19)20/h3-10H,11H2,1-2H3,(H,21,23). The van der Waals surface area contributed by atoms with E-state index in [9.17, 15) is 26.4 Å². The van der Waals surface area contributed by atoms with Gasteiger partial charge >= 0.3 is 6.18 Å². The van der Waals surface area contributed by atoms with Crippen LogP contribution in [0.4, 0.5) is 24.5 Å². The maximum atomic E-state index is 12.8. The first kappa shape index (κ1) is 21.1. The first-order chi connectivity index (χ1) is 12.5.